The van der Waals surface area contributed by atoms with E-state index in [0.29, 0.717) is 12.1 Å². The standard InChI is InChI=1S/C19H32N6O6S/c1-4-9(2)14(19(30)31)24-18(29)15(10(3)26)25-17(28)13(7-32)23-16(27)12(20)5-11-6-21-8-22-11/h6,8-10,12-15,26,32H,4-5,7,20H2,1-3H3,(H,21,22)(H,23,27)(H,24,29)(H,25,28)(H,30,31). The fraction of sp³-hybridized carbons (Fsp3) is 0.632. The molecule has 0 aliphatic rings. The summed E-state index contributed by atoms with van der Waals surface area (Å²) >= 11 is 4.06. The molecule has 0 spiro atoms. The van der Waals surface area contributed by atoms with Crippen molar-refractivity contribution in [1.82, 2.24) is 25.9 Å². The number of carbonyl (C=O) groups is 4. The van der Waals surface area contributed by atoms with Crippen molar-refractivity contribution >= 4 is 36.3 Å². The first-order chi connectivity index (χ1) is 15.0. The average Bonchev–Trinajstić information content (AvgIpc) is 3.25. The molecular formula is C19H32N6O6S. The number of aromatic nitrogens is 2. The summed E-state index contributed by atoms with van der Waals surface area (Å²) in [4.78, 5) is 55.7. The van der Waals surface area contributed by atoms with Gasteiger partial charge in [-0.3, -0.25) is 14.4 Å². The largest absolute Gasteiger partial charge is 0.480 e. The lowest BCUT2D eigenvalue weighted by molar-refractivity contribution is -0.144. The number of thiol groups is 1. The van der Waals surface area contributed by atoms with Crippen molar-refractivity contribution in [3.8, 4) is 0 Å². The molecule has 0 aromatic carbocycles. The summed E-state index contributed by atoms with van der Waals surface area (Å²) in [6.07, 6.45) is 2.30. The van der Waals surface area contributed by atoms with E-state index in [1.165, 1.54) is 19.4 Å². The van der Waals surface area contributed by atoms with E-state index in [-0.39, 0.29) is 18.1 Å². The number of nitrogens with one attached hydrogen (secondary N) is 4. The maximum atomic E-state index is 12.6. The molecule has 0 saturated carbocycles. The number of nitrogens with zero attached hydrogens (tertiary/aromatic N) is 1. The Bertz CT molecular complexity index is 774. The Balaban J connectivity index is 2.80. The van der Waals surface area contributed by atoms with Crippen molar-refractivity contribution in [3.05, 3.63) is 18.2 Å². The topological polar surface area (TPSA) is 200 Å². The van der Waals surface area contributed by atoms with Gasteiger partial charge in [-0.05, 0) is 12.8 Å². The molecule has 8 N–H and O–H groups in total. The highest BCUT2D eigenvalue weighted by atomic mass is 32.1. The molecule has 180 valence electrons. The van der Waals surface area contributed by atoms with E-state index < -0.39 is 54.0 Å². The second-order valence-electron chi connectivity index (χ2n) is 7.57. The number of aliphatic hydroxyl groups excluding tert-OH is 1. The molecule has 0 aliphatic carbocycles. The van der Waals surface area contributed by atoms with Gasteiger partial charge in [-0.25, -0.2) is 9.78 Å². The minimum Gasteiger partial charge on any atom is -0.480 e. The predicted molar refractivity (Wildman–Crippen MR) is 119 cm³/mol. The minimum atomic E-state index is -1.44. The number of aliphatic hydroxyl groups is 1. The molecule has 1 heterocycles. The minimum absolute atomic E-state index is 0.104. The van der Waals surface area contributed by atoms with Crippen molar-refractivity contribution < 1.29 is 29.4 Å². The highest BCUT2D eigenvalue weighted by Gasteiger charge is 2.33. The van der Waals surface area contributed by atoms with E-state index in [1.54, 1.807) is 13.8 Å². The Kier molecular flexibility index (Phi) is 11.2. The Morgan fingerprint density at radius 3 is 2.22 bits per heavy atom. The van der Waals surface area contributed by atoms with E-state index in [9.17, 15) is 29.4 Å². The van der Waals surface area contributed by atoms with Gasteiger partial charge in [-0.15, -0.1) is 0 Å². The van der Waals surface area contributed by atoms with Crippen LogP contribution in [-0.4, -0.2) is 79.9 Å². The molecule has 0 radical (unpaired) electrons. The summed E-state index contributed by atoms with van der Waals surface area (Å²) < 4.78 is 0. The molecule has 32 heavy (non-hydrogen) atoms. The maximum absolute atomic E-state index is 12.6. The van der Waals surface area contributed by atoms with E-state index in [1.807, 2.05) is 0 Å². The first-order valence-corrected chi connectivity index (χ1v) is 10.8. The molecule has 6 unspecified atom stereocenters. The van der Waals surface area contributed by atoms with Gasteiger partial charge in [0, 0.05) is 24.1 Å². The predicted octanol–water partition coefficient (Wildman–Crippen LogP) is -1.82. The number of rotatable bonds is 13. The average molecular weight is 473 g/mol. The molecule has 1 rings (SSSR count). The molecule has 13 heteroatoms. The lowest BCUT2D eigenvalue weighted by atomic mass is 9.98. The Labute approximate surface area is 191 Å². The third-order valence-electron chi connectivity index (χ3n) is 4.99. The van der Waals surface area contributed by atoms with Crippen molar-refractivity contribution in [2.75, 3.05) is 5.75 Å². The summed E-state index contributed by atoms with van der Waals surface area (Å²) in [6, 6.07) is -4.73. The van der Waals surface area contributed by atoms with Gasteiger partial charge in [0.25, 0.3) is 0 Å². The van der Waals surface area contributed by atoms with Crippen LogP contribution in [0.1, 0.15) is 32.9 Å². The Hall–Kier alpha value is -2.64. The van der Waals surface area contributed by atoms with Gasteiger partial charge in [0.1, 0.15) is 18.1 Å². The summed E-state index contributed by atoms with van der Waals surface area (Å²) in [5.41, 5.74) is 6.50. The number of aliphatic carboxylic acids is 1. The number of aromatic amines is 1. The molecule has 0 fully saturated rings. The third kappa shape index (κ3) is 8.13. The van der Waals surface area contributed by atoms with Gasteiger partial charge in [-0.1, -0.05) is 20.3 Å². The molecule has 1 aromatic heterocycles. The van der Waals surface area contributed by atoms with Crippen LogP contribution in [0.5, 0.6) is 0 Å². The van der Waals surface area contributed by atoms with E-state index >= 15 is 0 Å². The van der Waals surface area contributed by atoms with E-state index in [2.05, 4.69) is 38.5 Å². The van der Waals surface area contributed by atoms with Crippen LogP contribution in [0.4, 0.5) is 0 Å². The number of nitrogens with two attached hydrogens (primary N) is 1. The van der Waals surface area contributed by atoms with Gasteiger partial charge >= 0.3 is 5.97 Å². The Morgan fingerprint density at radius 1 is 1.12 bits per heavy atom. The SMILES string of the molecule is CCC(C)C(NC(=O)C(NC(=O)C(CS)NC(=O)C(N)Cc1cnc[nH]1)C(C)O)C(=O)O. The number of amides is 3. The van der Waals surface area contributed by atoms with E-state index in [4.69, 9.17) is 5.73 Å². The first-order valence-electron chi connectivity index (χ1n) is 10.2. The monoisotopic (exact) mass is 472 g/mol. The number of hydrogen-bond acceptors (Lipinski definition) is 8. The molecule has 0 bridgehead atoms. The normalized spacial score (nSPS) is 16.7. The van der Waals surface area contributed by atoms with Crippen LogP contribution in [0.2, 0.25) is 0 Å². The van der Waals surface area contributed by atoms with Crippen LogP contribution < -0.4 is 21.7 Å². The highest BCUT2D eigenvalue weighted by Crippen LogP contribution is 2.09. The van der Waals surface area contributed by atoms with Gasteiger partial charge in [0.15, 0.2) is 0 Å². The fourth-order valence-corrected chi connectivity index (χ4v) is 3.04. The van der Waals surface area contributed by atoms with Crippen molar-refractivity contribution in [2.45, 2.75) is 63.9 Å². The number of imidazole rings is 1. The Morgan fingerprint density at radius 2 is 1.75 bits per heavy atom. The summed E-state index contributed by atoms with van der Waals surface area (Å²) in [7, 11) is 0. The second kappa shape index (κ2) is 13.0. The zero-order valence-electron chi connectivity index (χ0n) is 18.2. The smallest absolute Gasteiger partial charge is 0.326 e. The number of carbonyl (C=O) groups excluding carboxylic acids is 3. The number of carboxylic acid groups (broad SMARTS) is 1. The van der Waals surface area contributed by atoms with Gasteiger partial charge < -0.3 is 36.9 Å². The zero-order chi connectivity index (χ0) is 24.4. The van der Waals surface area contributed by atoms with Crippen molar-refractivity contribution in [1.29, 1.82) is 0 Å². The first kappa shape index (κ1) is 27.4. The van der Waals surface area contributed by atoms with Crippen LogP contribution in [0.25, 0.3) is 0 Å². The summed E-state index contributed by atoms with van der Waals surface area (Å²) in [5.74, 6) is -3.96. The number of carboxylic acids is 1. The molecule has 6 atom stereocenters. The van der Waals surface area contributed by atoms with Crippen LogP contribution >= 0.6 is 12.6 Å². The fourth-order valence-electron chi connectivity index (χ4n) is 2.78. The zero-order valence-corrected chi connectivity index (χ0v) is 19.1. The van der Waals surface area contributed by atoms with E-state index in [0.717, 1.165) is 0 Å². The quantitative estimate of drug-likeness (QED) is 0.153. The lowest BCUT2D eigenvalue weighted by Crippen LogP contribution is -2.60. The van der Waals surface area contributed by atoms with Gasteiger partial charge in [0.2, 0.25) is 17.7 Å². The molecule has 0 saturated heterocycles. The maximum Gasteiger partial charge on any atom is 0.326 e. The van der Waals surface area contributed by atoms with Crippen molar-refractivity contribution in [3.63, 3.8) is 0 Å². The molecule has 1 aromatic rings. The van der Waals surface area contributed by atoms with Crippen LogP contribution in [-0.2, 0) is 25.6 Å². The second-order valence-corrected chi connectivity index (χ2v) is 7.93. The van der Waals surface area contributed by atoms with Gasteiger partial charge in [0.05, 0.1) is 18.5 Å². The molecule has 12 nitrogen and oxygen atoms in total. The van der Waals surface area contributed by atoms with Crippen LogP contribution in [0, 0.1) is 5.92 Å². The third-order valence-corrected chi connectivity index (χ3v) is 5.35. The van der Waals surface area contributed by atoms with Crippen LogP contribution in [0.15, 0.2) is 12.5 Å². The van der Waals surface area contributed by atoms with Crippen molar-refractivity contribution in [2.24, 2.45) is 11.7 Å². The number of H-pyrrole nitrogens is 1. The molecule has 0 aliphatic heterocycles. The molecular weight excluding hydrogens is 440 g/mol. The summed E-state index contributed by atoms with van der Waals surface area (Å²) in [5, 5.41) is 26.5. The molecule has 3 amide bonds. The highest BCUT2D eigenvalue weighted by molar-refractivity contribution is 7.80. The van der Waals surface area contributed by atoms with Gasteiger partial charge in [-0.2, -0.15) is 12.6 Å². The van der Waals surface area contributed by atoms with Crippen LogP contribution in [0.3, 0.4) is 0 Å². The lowest BCUT2D eigenvalue weighted by Gasteiger charge is -2.27. The number of hydrogen-bond donors (Lipinski definition) is 8. The summed E-state index contributed by atoms with van der Waals surface area (Å²) in [6.45, 7) is 4.71.